The molecule has 4 heteroatoms. The summed E-state index contributed by atoms with van der Waals surface area (Å²) in [5.74, 6) is 0.547. The smallest absolute Gasteiger partial charge is 0.239 e. The van der Waals surface area contributed by atoms with Crippen molar-refractivity contribution in [2.24, 2.45) is 5.73 Å². The summed E-state index contributed by atoms with van der Waals surface area (Å²) in [7, 11) is 1.68. The van der Waals surface area contributed by atoms with Gasteiger partial charge in [0.1, 0.15) is 11.8 Å². The summed E-state index contributed by atoms with van der Waals surface area (Å²) in [6, 6.07) is 20.7. The number of ether oxygens (including phenoxy) is 1. The van der Waals surface area contributed by atoms with Crippen LogP contribution in [0.5, 0.6) is 5.75 Å². The highest BCUT2D eigenvalue weighted by Crippen LogP contribution is 2.34. The maximum atomic E-state index is 12.2. The maximum absolute atomic E-state index is 12.2. The second-order valence-electron chi connectivity index (χ2n) is 6.62. The fourth-order valence-electron chi connectivity index (χ4n) is 3.92. The Labute approximate surface area is 153 Å². The van der Waals surface area contributed by atoms with Gasteiger partial charge >= 0.3 is 0 Å². The Kier molecular flexibility index (Phi) is 4.35. The van der Waals surface area contributed by atoms with Gasteiger partial charge in [0, 0.05) is 18.5 Å². The fourth-order valence-corrected chi connectivity index (χ4v) is 3.92. The Bertz CT molecular complexity index is 967. The number of carbonyl (C=O) groups is 1. The van der Waals surface area contributed by atoms with Crippen LogP contribution in [0.2, 0.25) is 0 Å². The van der Waals surface area contributed by atoms with Gasteiger partial charge in [-0.1, -0.05) is 48.5 Å². The van der Waals surface area contributed by atoms with Crippen LogP contribution in [0.25, 0.3) is 10.8 Å². The predicted octanol–water partition coefficient (Wildman–Crippen LogP) is 3.23. The molecule has 1 unspecified atom stereocenters. The van der Waals surface area contributed by atoms with Crippen molar-refractivity contribution in [2.45, 2.75) is 19.0 Å². The molecule has 4 nitrogen and oxygen atoms in total. The summed E-state index contributed by atoms with van der Waals surface area (Å²) in [5, 5.41) is 2.22. The molecule has 1 aliphatic heterocycles. The number of nitrogens with two attached hydrogens (primary N) is 1. The van der Waals surface area contributed by atoms with Crippen molar-refractivity contribution in [3.63, 3.8) is 0 Å². The van der Waals surface area contributed by atoms with Gasteiger partial charge in [-0.15, -0.1) is 0 Å². The number of primary amides is 1. The van der Waals surface area contributed by atoms with Gasteiger partial charge in [0.05, 0.1) is 7.11 Å². The van der Waals surface area contributed by atoms with Crippen molar-refractivity contribution in [3.8, 4) is 5.75 Å². The summed E-state index contributed by atoms with van der Waals surface area (Å²) in [4.78, 5) is 14.4. The first-order chi connectivity index (χ1) is 12.7. The van der Waals surface area contributed by atoms with E-state index in [0.29, 0.717) is 6.54 Å². The Hall–Kier alpha value is -2.85. The highest BCUT2D eigenvalue weighted by atomic mass is 16.5. The number of fused-ring (bicyclic) bond motifs is 2. The predicted molar refractivity (Wildman–Crippen MR) is 102 cm³/mol. The minimum Gasteiger partial charge on any atom is -0.496 e. The first-order valence-electron chi connectivity index (χ1n) is 8.76. The van der Waals surface area contributed by atoms with E-state index in [1.54, 1.807) is 7.11 Å². The molecule has 1 radical (unpaired) electrons. The molecule has 3 aromatic rings. The van der Waals surface area contributed by atoms with Gasteiger partial charge in [0.2, 0.25) is 5.91 Å². The molecule has 0 spiro atoms. The van der Waals surface area contributed by atoms with Crippen LogP contribution in [0.3, 0.4) is 0 Å². The largest absolute Gasteiger partial charge is 0.496 e. The van der Waals surface area contributed by atoms with Gasteiger partial charge in [-0.05, 0) is 40.6 Å². The van der Waals surface area contributed by atoms with Crippen LogP contribution in [0, 0.1) is 6.07 Å². The zero-order valence-electron chi connectivity index (χ0n) is 14.7. The molecule has 1 heterocycles. The van der Waals surface area contributed by atoms with E-state index in [2.05, 4.69) is 29.2 Å². The van der Waals surface area contributed by atoms with E-state index in [4.69, 9.17) is 10.5 Å². The molecule has 0 fully saturated rings. The highest BCUT2D eigenvalue weighted by molar-refractivity contribution is 5.91. The Morgan fingerprint density at radius 3 is 2.81 bits per heavy atom. The van der Waals surface area contributed by atoms with Crippen molar-refractivity contribution in [1.82, 2.24) is 4.90 Å². The third kappa shape index (κ3) is 2.82. The molecule has 4 rings (SSSR count). The van der Waals surface area contributed by atoms with E-state index in [-0.39, 0.29) is 5.91 Å². The van der Waals surface area contributed by atoms with Crippen LogP contribution in [0.4, 0.5) is 0 Å². The van der Waals surface area contributed by atoms with Crippen molar-refractivity contribution in [2.75, 3.05) is 13.7 Å². The van der Waals surface area contributed by atoms with E-state index in [1.165, 1.54) is 5.56 Å². The van der Waals surface area contributed by atoms with Crippen LogP contribution in [-0.4, -0.2) is 24.5 Å². The summed E-state index contributed by atoms with van der Waals surface area (Å²) in [5.41, 5.74) is 9.10. The van der Waals surface area contributed by atoms with E-state index >= 15 is 0 Å². The van der Waals surface area contributed by atoms with Crippen molar-refractivity contribution >= 4 is 16.7 Å². The Morgan fingerprint density at radius 1 is 1.23 bits per heavy atom. The van der Waals surface area contributed by atoms with Gasteiger partial charge in [0.25, 0.3) is 0 Å². The average molecular weight is 345 g/mol. The van der Waals surface area contributed by atoms with Gasteiger partial charge < -0.3 is 10.5 Å². The molecule has 0 saturated heterocycles. The minimum absolute atomic E-state index is 0.310. The lowest BCUT2D eigenvalue weighted by Crippen LogP contribution is -2.42. The molecule has 0 saturated carbocycles. The molecule has 2 N–H and O–H groups in total. The molecule has 131 valence electrons. The van der Waals surface area contributed by atoms with Gasteiger partial charge in [-0.3, -0.25) is 9.69 Å². The van der Waals surface area contributed by atoms with Crippen LogP contribution < -0.4 is 10.5 Å². The number of carbonyl (C=O) groups excluding carboxylic acids is 1. The second-order valence-corrected chi connectivity index (χ2v) is 6.62. The first kappa shape index (κ1) is 16.6. The molecule has 0 aromatic heterocycles. The summed E-state index contributed by atoms with van der Waals surface area (Å²) < 4.78 is 5.49. The zero-order chi connectivity index (χ0) is 18.1. The summed E-state index contributed by atoms with van der Waals surface area (Å²) in [6.45, 7) is 1.45. The molecule has 0 bridgehead atoms. The molecular weight excluding hydrogens is 324 g/mol. The molecule has 3 aromatic carbocycles. The summed E-state index contributed by atoms with van der Waals surface area (Å²) >= 11 is 0. The van der Waals surface area contributed by atoms with E-state index in [0.717, 1.165) is 40.6 Å². The quantitative estimate of drug-likeness (QED) is 0.790. The van der Waals surface area contributed by atoms with Crippen molar-refractivity contribution < 1.29 is 9.53 Å². The minimum atomic E-state index is -0.408. The monoisotopic (exact) mass is 345 g/mol. The molecular formula is C22H21N2O2. The van der Waals surface area contributed by atoms with Crippen molar-refractivity contribution in [1.29, 1.82) is 0 Å². The van der Waals surface area contributed by atoms with E-state index in [9.17, 15) is 4.79 Å². The number of nitrogens with zero attached hydrogens (tertiary/aromatic N) is 1. The number of hydrogen-bond donors (Lipinski definition) is 1. The lowest BCUT2D eigenvalue weighted by atomic mass is 9.91. The maximum Gasteiger partial charge on any atom is 0.239 e. The standard InChI is InChI=1S/C22H21N2O2/c1-26-20-11-10-16(17-7-4-5-9-19(17)20)14-24-13-12-15-6-2-3-8-18(15)21(24)22(23)25/h3-11,21H,12-14H2,1H3,(H2,23,25). The van der Waals surface area contributed by atoms with Crippen LogP contribution in [0.1, 0.15) is 22.7 Å². The molecule has 1 atom stereocenters. The lowest BCUT2D eigenvalue weighted by molar-refractivity contribution is -0.124. The van der Waals surface area contributed by atoms with Crippen molar-refractivity contribution in [3.05, 3.63) is 77.4 Å². The van der Waals surface area contributed by atoms with Gasteiger partial charge in [-0.25, -0.2) is 0 Å². The SMILES string of the molecule is COc1ccc(CN2CCc3c[c]ccc3C2C(N)=O)c2ccccc12. The number of amides is 1. The van der Waals surface area contributed by atoms with Gasteiger partial charge in [-0.2, -0.15) is 0 Å². The number of benzene rings is 3. The number of rotatable bonds is 4. The number of hydrogen-bond acceptors (Lipinski definition) is 3. The van der Waals surface area contributed by atoms with E-state index in [1.807, 2.05) is 36.4 Å². The fraction of sp³-hybridized carbons (Fsp3) is 0.227. The summed E-state index contributed by atoms with van der Waals surface area (Å²) in [6.07, 6.45) is 0.893. The van der Waals surface area contributed by atoms with Crippen LogP contribution in [0.15, 0.2) is 54.6 Å². The third-order valence-corrected chi connectivity index (χ3v) is 5.15. The Balaban J connectivity index is 1.74. The normalized spacial score (nSPS) is 17.0. The average Bonchev–Trinajstić information content (AvgIpc) is 2.67. The van der Waals surface area contributed by atoms with Crippen LogP contribution >= 0.6 is 0 Å². The van der Waals surface area contributed by atoms with Gasteiger partial charge in [0.15, 0.2) is 0 Å². The molecule has 1 amide bonds. The van der Waals surface area contributed by atoms with Crippen LogP contribution in [-0.2, 0) is 17.8 Å². The number of methoxy groups -OCH3 is 1. The third-order valence-electron chi connectivity index (χ3n) is 5.15. The van der Waals surface area contributed by atoms with E-state index < -0.39 is 6.04 Å². The Morgan fingerprint density at radius 2 is 2.04 bits per heavy atom. The lowest BCUT2D eigenvalue weighted by Gasteiger charge is -2.35. The highest BCUT2D eigenvalue weighted by Gasteiger charge is 2.31. The molecule has 1 aliphatic rings. The topological polar surface area (TPSA) is 55.6 Å². The zero-order valence-corrected chi connectivity index (χ0v) is 14.7. The molecule has 26 heavy (non-hydrogen) atoms. The second kappa shape index (κ2) is 6.81. The first-order valence-corrected chi connectivity index (χ1v) is 8.76. The molecule has 0 aliphatic carbocycles.